The summed E-state index contributed by atoms with van der Waals surface area (Å²) < 4.78 is 38.3. The van der Waals surface area contributed by atoms with Crippen molar-refractivity contribution >= 4 is 16.7 Å². The van der Waals surface area contributed by atoms with Crippen LogP contribution in [-0.4, -0.2) is 29.0 Å². The highest BCUT2D eigenvalue weighted by Crippen LogP contribution is 2.33. The predicted octanol–water partition coefficient (Wildman–Crippen LogP) is 3.96. The fourth-order valence-corrected chi connectivity index (χ4v) is 2.93. The van der Waals surface area contributed by atoms with Crippen molar-refractivity contribution in [1.29, 1.82) is 0 Å². The summed E-state index contributed by atoms with van der Waals surface area (Å²) in [5.41, 5.74) is 1.11. The second kappa shape index (κ2) is 8.00. The van der Waals surface area contributed by atoms with Crippen LogP contribution >= 0.6 is 0 Å². The maximum atomic E-state index is 12.8. The van der Waals surface area contributed by atoms with Crippen LogP contribution in [-0.2, 0) is 6.18 Å². The third-order valence-corrected chi connectivity index (χ3v) is 4.35. The Labute approximate surface area is 159 Å². The molecule has 0 heterocycles. The van der Waals surface area contributed by atoms with Gasteiger partial charge in [0, 0.05) is 18.5 Å². The molecule has 3 N–H and O–H groups in total. The number of rotatable bonds is 5. The molecule has 0 unspecified atom stereocenters. The number of fused-ring (bicyclic) bond motifs is 1. The Morgan fingerprint density at radius 1 is 1.00 bits per heavy atom. The highest BCUT2D eigenvalue weighted by molar-refractivity contribution is 6.02. The molecule has 0 fully saturated rings. The molecular formula is C21H18F3NO3. The Hall–Kier alpha value is -2.90. The molecule has 1 amide bonds. The van der Waals surface area contributed by atoms with Gasteiger partial charge in [0.15, 0.2) is 6.29 Å². The normalized spacial score (nSPS) is 11.8. The van der Waals surface area contributed by atoms with Gasteiger partial charge >= 0.3 is 6.18 Å². The minimum absolute atomic E-state index is 0.0252. The zero-order valence-corrected chi connectivity index (χ0v) is 14.7. The number of aliphatic hydroxyl groups is 2. The molecule has 0 saturated heterocycles. The first-order valence-electron chi connectivity index (χ1n) is 8.60. The number of aliphatic hydroxyl groups excluding tert-OH is 1. The largest absolute Gasteiger partial charge is 0.416 e. The molecule has 0 aromatic heterocycles. The number of hydrogen-bond acceptors (Lipinski definition) is 3. The van der Waals surface area contributed by atoms with E-state index in [2.05, 4.69) is 5.32 Å². The first kappa shape index (κ1) is 19.9. The number of alkyl halides is 3. The van der Waals surface area contributed by atoms with E-state index in [9.17, 15) is 18.0 Å². The SMILES string of the molecule is O=C(NCCC(O)O)c1ccc2c(-c3ccc(C(F)(F)F)cc3)cccc2c1. The van der Waals surface area contributed by atoms with Crippen molar-refractivity contribution in [3.8, 4) is 11.1 Å². The zero-order valence-electron chi connectivity index (χ0n) is 14.7. The lowest BCUT2D eigenvalue weighted by atomic mass is 9.96. The highest BCUT2D eigenvalue weighted by Gasteiger charge is 2.30. The molecular weight excluding hydrogens is 371 g/mol. The number of halogens is 3. The maximum Gasteiger partial charge on any atom is 0.416 e. The molecule has 0 radical (unpaired) electrons. The lowest BCUT2D eigenvalue weighted by molar-refractivity contribution is -0.137. The van der Waals surface area contributed by atoms with Gasteiger partial charge in [-0.3, -0.25) is 4.79 Å². The van der Waals surface area contributed by atoms with Gasteiger partial charge in [0.25, 0.3) is 5.91 Å². The van der Waals surface area contributed by atoms with Gasteiger partial charge in [-0.1, -0.05) is 36.4 Å². The molecule has 7 heteroatoms. The zero-order chi connectivity index (χ0) is 20.3. The summed E-state index contributed by atoms with van der Waals surface area (Å²) in [6.45, 7) is 0.125. The van der Waals surface area contributed by atoms with Crippen LogP contribution in [0.3, 0.4) is 0 Å². The van der Waals surface area contributed by atoms with Gasteiger partial charge in [-0.05, 0) is 46.2 Å². The van der Waals surface area contributed by atoms with Crippen molar-refractivity contribution in [2.45, 2.75) is 18.9 Å². The van der Waals surface area contributed by atoms with Crippen LogP contribution in [0.2, 0.25) is 0 Å². The van der Waals surface area contributed by atoms with E-state index in [-0.39, 0.29) is 18.9 Å². The number of hydrogen-bond donors (Lipinski definition) is 3. The second-order valence-electron chi connectivity index (χ2n) is 6.34. The van der Waals surface area contributed by atoms with Crippen molar-refractivity contribution in [1.82, 2.24) is 5.32 Å². The standard InChI is InChI=1S/C21H18F3NO3/c22-21(23,24)16-7-4-13(5-8-16)17-3-1-2-14-12-15(6-9-18(14)17)20(28)25-11-10-19(26)27/h1-9,12,19,26-27H,10-11H2,(H,25,28). The van der Waals surface area contributed by atoms with E-state index in [4.69, 9.17) is 10.2 Å². The summed E-state index contributed by atoms with van der Waals surface area (Å²) in [6, 6.07) is 15.4. The summed E-state index contributed by atoms with van der Waals surface area (Å²) in [4.78, 5) is 12.2. The molecule has 3 aromatic rings. The van der Waals surface area contributed by atoms with Gasteiger partial charge in [-0.15, -0.1) is 0 Å². The molecule has 0 bridgehead atoms. The number of nitrogens with one attached hydrogen (secondary N) is 1. The smallest absolute Gasteiger partial charge is 0.368 e. The first-order chi connectivity index (χ1) is 13.3. The molecule has 4 nitrogen and oxygen atoms in total. The van der Waals surface area contributed by atoms with Crippen LogP contribution in [0.1, 0.15) is 22.3 Å². The second-order valence-corrected chi connectivity index (χ2v) is 6.34. The molecule has 0 spiro atoms. The Morgan fingerprint density at radius 3 is 2.36 bits per heavy atom. The lowest BCUT2D eigenvalue weighted by Gasteiger charge is -2.11. The van der Waals surface area contributed by atoms with Crippen LogP contribution in [0.15, 0.2) is 60.7 Å². The van der Waals surface area contributed by atoms with E-state index >= 15 is 0 Å². The summed E-state index contributed by atoms with van der Waals surface area (Å²) in [5.74, 6) is -0.345. The van der Waals surface area contributed by atoms with E-state index in [0.29, 0.717) is 11.1 Å². The molecule has 28 heavy (non-hydrogen) atoms. The maximum absolute atomic E-state index is 12.8. The van der Waals surface area contributed by atoms with Crippen molar-refractivity contribution in [3.63, 3.8) is 0 Å². The molecule has 146 valence electrons. The fourth-order valence-electron chi connectivity index (χ4n) is 2.93. The van der Waals surface area contributed by atoms with Crippen LogP contribution in [0.25, 0.3) is 21.9 Å². The monoisotopic (exact) mass is 389 g/mol. The van der Waals surface area contributed by atoms with Crippen LogP contribution in [0.5, 0.6) is 0 Å². The third-order valence-electron chi connectivity index (χ3n) is 4.35. The first-order valence-corrected chi connectivity index (χ1v) is 8.60. The molecule has 0 aliphatic carbocycles. The van der Waals surface area contributed by atoms with Crippen molar-refractivity contribution < 1.29 is 28.2 Å². The summed E-state index contributed by atoms with van der Waals surface area (Å²) in [5, 5.41) is 21.8. The van der Waals surface area contributed by atoms with Crippen molar-refractivity contribution in [3.05, 3.63) is 71.8 Å². The van der Waals surface area contributed by atoms with E-state index in [1.54, 1.807) is 24.3 Å². The van der Waals surface area contributed by atoms with Gasteiger partial charge in [0.1, 0.15) is 0 Å². The Balaban J connectivity index is 1.88. The molecule has 0 aliphatic heterocycles. The van der Waals surface area contributed by atoms with E-state index < -0.39 is 18.0 Å². The molecule has 3 aromatic carbocycles. The summed E-state index contributed by atoms with van der Waals surface area (Å²) in [7, 11) is 0. The van der Waals surface area contributed by atoms with Crippen molar-refractivity contribution in [2.75, 3.05) is 6.54 Å². The van der Waals surface area contributed by atoms with Crippen LogP contribution in [0, 0.1) is 0 Å². The predicted molar refractivity (Wildman–Crippen MR) is 99.6 cm³/mol. The Kier molecular flexibility index (Phi) is 5.67. The summed E-state index contributed by atoms with van der Waals surface area (Å²) >= 11 is 0. The minimum Gasteiger partial charge on any atom is -0.368 e. The third kappa shape index (κ3) is 4.49. The molecule has 0 atom stereocenters. The van der Waals surface area contributed by atoms with Gasteiger partial charge in [0.05, 0.1) is 5.56 Å². The van der Waals surface area contributed by atoms with Gasteiger partial charge in [-0.2, -0.15) is 13.2 Å². The van der Waals surface area contributed by atoms with E-state index in [1.165, 1.54) is 12.1 Å². The lowest BCUT2D eigenvalue weighted by Crippen LogP contribution is -2.27. The number of carbonyl (C=O) groups is 1. The van der Waals surface area contributed by atoms with Crippen molar-refractivity contribution in [2.24, 2.45) is 0 Å². The molecule has 0 aliphatic rings. The Morgan fingerprint density at radius 2 is 1.71 bits per heavy atom. The number of carbonyl (C=O) groups excluding carboxylic acids is 1. The van der Waals surface area contributed by atoms with Crippen LogP contribution in [0.4, 0.5) is 13.2 Å². The highest BCUT2D eigenvalue weighted by atomic mass is 19.4. The Bertz CT molecular complexity index is 982. The average Bonchev–Trinajstić information content (AvgIpc) is 2.66. The van der Waals surface area contributed by atoms with Crippen LogP contribution < -0.4 is 5.32 Å². The van der Waals surface area contributed by atoms with E-state index in [1.807, 2.05) is 12.1 Å². The summed E-state index contributed by atoms with van der Waals surface area (Å²) in [6.07, 6.45) is -5.84. The van der Waals surface area contributed by atoms with Gasteiger partial charge < -0.3 is 15.5 Å². The van der Waals surface area contributed by atoms with Gasteiger partial charge in [0.2, 0.25) is 0 Å². The average molecular weight is 389 g/mol. The molecule has 0 saturated carbocycles. The fraction of sp³-hybridized carbons (Fsp3) is 0.190. The molecule has 3 rings (SSSR count). The topological polar surface area (TPSA) is 69.6 Å². The number of benzene rings is 3. The van der Waals surface area contributed by atoms with E-state index in [0.717, 1.165) is 28.5 Å². The quantitative estimate of drug-likeness (QED) is 0.579. The number of amides is 1. The minimum atomic E-state index is -4.38. The van der Waals surface area contributed by atoms with Gasteiger partial charge in [-0.25, -0.2) is 0 Å².